The van der Waals surface area contributed by atoms with E-state index in [1.165, 1.54) is 4.90 Å². The Morgan fingerprint density at radius 3 is 2.60 bits per heavy atom. The number of nitrogens with zero attached hydrogens (tertiary/aromatic N) is 6. The van der Waals surface area contributed by atoms with Crippen molar-refractivity contribution in [2.45, 2.75) is 44.9 Å². The minimum absolute atomic E-state index is 0.0154. The van der Waals surface area contributed by atoms with Crippen LogP contribution < -0.4 is 16.2 Å². The Hall–Kier alpha value is -4.84. The number of imidazole rings is 1. The van der Waals surface area contributed by atoms with Gasteiger partial charge in [-0.1, -0.05) is 0 Å². The first-order valence-corrected chi connectivity index (χ1v) is 15.1. The highest BCUT2D eigenvalue weighted by molar-refractivity contribution is 6.00. The van der Waals surface area contributed by atoms with E-state index in [2.05, 4.69) is 15.6 Å². The number of primary amides is 1. The second-order valence-electron chi connectivity index (χ2n) is 12.3. The van der Waals surface area contributed by atoms with Gasteiger partial charge in [-0.05, 0) is 74.1 Å². The van der Waals surface area contributed by atoms with Crippen LogP contribution in [0.25, 0.3) is 44.8 Å². The summed E-state index contributed by atoms with van der Waals surface area (Å²) in [6, 6.07) is 10.8. The van der Waals surface area contributed by atoms with Gasteiger partial charge in [0.05, 0.1) is 30.6 Å². The molecular formula is C33H35FN8O3. The number of amides is 2. The molecule has 0 radical (unpaired) electrons. The average molecular weight is 611 g/mol. The topological polar surface area (TPSA) is 147 Å². The molecule has 45 heavy (non-hydrogen) atoms. The number of fused-ring (bicyclic) bond motifs is 2. The van der Waals surface area contributed by atoms with E-state index in [9.17, 15) is 14.0 Å². The monoisotopic (exact) mass is 610 g/mol. The van der Waals surface area contributed by atoms with Crippen LogP contribution in [0.4, 0.5) is 4.39 Å². The van der Waals surface area contributed by atoms with Crippen molar-refractivity contribution in [1.29, 1.82) is 0 Å². The number of methoxy groups -OCH3 is 1. The molecule has 5 aromatic rings. The van der Waals surface area contributed by atoms with Crippen molar-refractivity contribution in [3.05, 3.63) is 59.4 Å². The van der Waals surface area contributed by atoms with Gasteiger partial charge in [0.25, 0.3) is 11.8 Å². The molecule has 0 spiro atoms. The van der Waals surface area contributed by atoms with Crippen LogP contribution in [0.15, 0.2) is 42.6 Å². The van der Waals surface area contributed by atoms with E-state index >= 15 is 0 Å². The minimum atomic E-state index is -1.15. The molecule has 1 aliphatic carbocycles. The predicted octanol–water partition coefficient (Wildman–Crippen LogP) is 3.99. The summed E-state index contributed by atoms with van der Waals surface area (Å²) in [6.45, 7) is 3.01. The lowest BCUT2D eigenvalue weighted by molar-refractivity contribution is 0.0606. The quantitative estimate of drug-likeness (QED) is 0.283. The van der Waals surface area contributed by atoms with Gasteiger partial charge < -0.3 is 30.2 Å². The third kappa shape index (κ3) is 5.18. The first kappa shape index (κ1) is 28.9. The Kier molecular flexibility index (Phi) is 7.03. The number of rotatable bonds is 7. The van der Waals surface area contributed by atoms with Crippen LogP contribution in [0.5, 0.6) is 5.75 Å². The summed E-state index contributed by atoms with van der Waals surface area (Å²) >= 11 is 0. The first-order chi connectivity index (χ1) is 21.6. The van der Waals surface area contributed by atoms with Crippen LogP contribution in [0.3, 0.4) is 0 Å². The van der Waals surface area contributed by atoms with Crippen molar-refractivity contribution in [3.63, 3.8) is 0 Å². The lowest BCUT2D eigenvalue weighted by atomic mass is 10.0. The number of nitrogens with two attached hydrogens (primary N) is 2. The van der Waals surface area contributed by atoms with E-state index in [4.69, 9.17) is 26.2 Å². The molecule has 2 fully saturated rings. The fourth-order valence-corrected chi connectivity index (χ4v) is 6.41. The lowest BCUT2D eigenvalue weighted by Gasteiger charge is -2.33. The fourth-order valence-electron chi connectivity index (χ4n) is 6.41. The van der Waals surface area contributed by atoms with Crippen molar-refractivity contribution in [1.82, 2.24) is 29.0 Å². The zero-order valence-corrected chi connectivity index (χ0v) is 25.5. The summed E-state index contributed by atoms with van der Waals surface area (Å²) in [7, 11) is 3.49. The molecule has 5 heterocycles. The standard InChI is InChI=1S/C33H35FN8O3/c1-17-8-26(30(36)43)37-13-23(17)24-7-6-19-10-27(42(31(19)38-24)14-18-4-5-18)32-39-25-9-20(11-28(45-3)29(25)40(32)2)33(44)41-15-21(34)12-22(35)16-41/h6-11,13,18,21-22H,4-5,12,14-16,35H2,1-3H3,(H2,36,43)/t21-,22-/m1/s1. The van der Waals surface area contributed by atoms with Crippen LogP contribution in [0.1, 0.15) is 45.7 Å². The van der Waals surface area contributed by atoms with Crippen LogP contribution in [-0.4, -0.2) is 73.2 Å². The van der Waals surface area contributed by atoms with Gasteiger partial charge in [-0.15, -0.1) is 0 Å². The number of carbonyl (C=O) groups excluding carboxylic acids is 2. The normalized spacial score (nSPS) is 18.6. The Labute approximate surface area is 259 Å². The van der Waals surface area contributed by atoms with Gasteiger partial charge in [0.15, 0.2) is 5.82 Å². The maximum Gasteiger partial charge on any atom is 0.267 e. The number of pyridine rings is 2. The van der Waals surface area contributed by atoms with Gasteiger partial charge >= 0.3 is 0 Å². The number of carbonyl (C=O) groups is 2. The molecule has 2 amide bonds. The molecule has 12 heteroatoms. The molecule has 0 unspecified atom stereocenters. The highest BCUT2D eigenvalue weighted by Crippen LogP contribution is 2.38. The van der Waals surface area contributed by atoms with Crippen molar-refractivity contribution >= 4 is 33.9 Å². The summed E-state index contributed by atoms with van der Waals surface area (Å²) in [4.78, 5) is 40.9. The lowest BCUT2D eigenvalue weighted by Crippen LogP contribution is -2.50. The maximum absolute atomic E-state index is 14.3. The van der Waals surface area contributed by atoms with Crippen molar-refractivity contribution < 1.29 is 18.7 Å². The highest BCUT2D eigenvalue weighted by atomic mass is 19.1. The van der Waals surface area contributed by atoms with Crippen molar-refractivity contribution in [2.75, 3.05) is 20.2 Å². The number of halogens is 1. The summed E-state index contributed by atoms with van der Waals surface area (Å²) in [6.07, 6.45) is 3.04. The second-order valence-corrected chi connectivity index (χ2v) is 12.3. The minimum Gasteiger partial charge on any atom is -0.494 e. The number of aryl methyl sites for hydroxylation is 2. The van der Waals surface area contributed by atoms with Crippen LogP contribution in [0, 0.1) is 12.8 Å². The first-order valence-electron chi connectivity index (χ1n) is 15.1. The molecule has 1 aliphatic heterocycles. The van der Waals surface area contributed by atoms with Gasteiger partial charge in [-0.2, -0.15) is 0 Å². The van der Waals surface area contributed by atoms with E-state index in [0.29, 0.717) is 35.1 Å². The fraction of sp³-hybridized carbons (Fsp3) is 0.364. The molecule has 11 nitrogen and oxygen atoms in total. The van der Waals surface area contributed by atoms with E-state index in [1.807, 2.05) is 30.7 Å². The summed E-state index contributed by atoms with van der Waals surface area (Å²) in [5.41, 5.74) is 17.5. The zero-order chi connectivity index (χ0) is 31.6. The van der Waals surface area contributed by atoms with E-state index < -0.39 is 18.1 Å². The summed E-state index contributed by atoms with van der Waals surface area (Å²) < 4.78 is 24.2. The number of piperidine rings is 1. The molecule has 1 aromatic carbocycles. The number of ether oxygens (including phenoxy) is 1. The third-order valence-electron chi connectivity index (χ3n) is 8.87. The molecule has 1 saturated heterocycles. The molecule has 2 atom stereocenters. The highest BCUT2D eigenvalue weighted by Gasteiger charge is 2.30. The molecular weight excluding hydrogens is 575 g/mol. The van der Waals surface area contributed by atoms with Gasteiger partial charge in [0.2, 0.25) is 0 Å². The molecule has 4 N–H and O–H groups in total. The number of aromatic nitrogens is 5. The number of benzene rings is 1. The molecule has 7 rings (SSSR count). The summed E-state index contributed by atoms with van der Waals surface area (Å²) in [5.74, 6) is 0.888. The maximum atomic E-state index is 14.3. The Balaban J connectivity index is 1.33. The number of hydrogen-bond acceptors (Lipinski definition) is 7. The van der Waals surface area contributed by atoms with Gasteiger partial charge in [-0.3, -0.25) is 14.6 Å². The number of likely N-dealkylation sites (tertiary alicyclic amines) is 1. The molecule has 2 aliphatic rings. The van der Waals surface area contributed by atoms with Gasteiger partial charge in [0, 0.05) is 48.9 Å². The Morgan fingerprint density at radius 2 is 1.91 bits per heavy atom. The number of alkyl halides is 1. The van der Waals surface area contributed by atoms with Crippen LogP contribution >= 0.6 is 0 Å². The van der Waals surface area contributed by atoms with E-state index in [1.54, 1.807) is 31.5 Å². The Bertz CT molecular complexity index is 1990. The number of hydrogen-bond donors (Lipinski definition) is 2. The summed E-state index contributed by atoms with van der Waals surface area (Å²) in [5, 5.41) is 0.964. The van der Waals surface area contributed by atoms with Crippen LogP contribution in [-0.2, 0) is 13.6 Å². The van der Waals surface area contributed by atoms with E-state index in [0.717, 1.165) is 58.5 Å². The molecule has 0 bridgehead atoms. The largest absolute Gasteiger partial charge is 0.494 e. The smallest absolute Gasteiger partial charge is 0.267 e. The SMILES string of the molecule is COc1cc(C(=O)N2C[C@H](N)C[C@@H](F)C2)cc2nc(-c3cc4ccc(-c5cnc(C(N)=O)cc5C)nc4n3CC3CC3)n(C)c12. The van der Waals surface area contributed by atoms with Gasteiger partial charge in [-0.25, -0.2) is 14.4 Å². The van der Waals surface area contributed by atoms with E-state index in [-0.39, 0.29) is 24.6 Å². The molecule has 232 valence electrons. The zero-order valence-electron chi connectivity index (χ0n) is 25.5. The van der Waals surface area contributed by atoms with Crippen molar-refractivity contribution in [2.24, 2.45) is 24.4 Å². The predicted molar refractivity (Wildman–Crippen MR) is 169 cm³/mol. The average Bonchev–Trinajstić information content (AvgIpc) is 3.68. The van der Waals surface area contributed by atoms with Gasteiger partial charge in [0.1, 0.15) is 28.8 Å². The molecule has 1 saturated carbocycles. The second kappa shape index (κ2) is 11.0. The third-order valence-corrected chi connectivity index (χ3v) is 8.87. The van der Waals surface area contributed by atoms with Crippen molar-refractivity contribution in [3.8, 4) is 28.5 Å². The van der Waals surface area contributed by atoms with Crippen LogP contribution in [0.2, 0.25) is 0 Å². The Morgan fingerprint density at radius 1 is 1.11 bits per heavy atom. The molecule has 4 aromatic heterocycles.